The van der Waals surface area contributed by atoms with Crippen LogP contribution in [0.1, 0.15) is 11.3 Å². The molecular weight excluding hydrogens is 258 g/mol. The van der Waals surface area contributed by atoms with Crippen molar-refractivity contribution in [3.63, 3.8) is 0 Å². The molecule has 0 radical (unpaired) electrons. The molecule has 0 saturated heterocycles. The van der Waals surface area contributed by atoms with E-state index >= 15 is 0 Å². The van der Waals surface area contributed by atoms with Gasteiger partial charge in [-0.25, -0.2) is 0 Å². The van der Waals surface area contributed by atoms with Gasteiger partial charge < -0.3 is 9.88 Å². The van der Waals surface area contributed by atoms with Crippen molar-refractivity contribution in [2.24, 2.45) is 12.0 Å². The first-order chi connectivity index (χ1) is 10.3. The Morgan fingerprint density at radius 1 is 1.05 bits per heavy atom. The van der Waals surface area contributed by atoms with Gasteiger partial charge in [0.15, 0.2) is 0 Å². The molecule has 0 bridgehead atoms. The summed E-state index contributed by atoms with van der Waals surface area (Å²) in [5.74, 6) is 0.996. The third kappa shape index (κ3) is 2.02. The predicted molar refractivity (Wildman–Crippen MR) is 88.1 cm³/mol. The summed E-state index contributed by atoms with van der Waals surface area (Å²) >= 11 is 0. The van der Waals surface area contributed by atoms with E-state index < -0.39 is 0 Å². The van der Waals surface area contributed by atoms with E-state index in [9.17, 15) is 0 Å². The van der Waals surface area contributed by atoms with Crippen LogP contribution < -0.4 is 5.32 Å². The molecule has 0 unspecified atom stereocenters. The molecule has 0 fully saturated rings. The van der Waals surface area contributed by atoms with Crippen molar-refractivity contribution in [3.05, 3.63) is 66.0 Å². The zero-order chi connectivity index (χ0) is 14.2. The van der Waals surface area contributed by atoms with Gasteiger partial charge in [-0.05, 0) is 23.6 Å². The van der Waals surface area contributed by atoms with Crippen LogP contribution in [0.3, 0.4) is 0 Å². The molecular formula is C18H17N3. The summed E-state index contributed by atoms with van der Waals surface area (Å²) in [7, 11) is 2.08. The standard InChI is InChI=1S/C18H17N3/c1-21-12-4-7-14(21)10-11-19-18-15-8-2-5-13-6-3-9-16(20-18)17(13)15/h2-9,12H,10-11H2,1H3,(H,19,20). The Morgan fingerprint density at radius 2 is 1.90 bits per heavy atom. The van der Waals surface area contributed by atoms with Gasteiger partial charge in [0.2, 0.25) is 0 Å². The van der Waals surface area contributed by atoms with Gasteiger partial charge in [-0.3, -0.25) is 4.99 Å². The van der Waals surface area contributed by atoms with Crippen molar-refractivity contribution in [1.82, 2.24) is 4.57 Å². The Morgan fingerprint density at radius 3 is 2.71 bits per heavy atom. The maximum atomic E-state index is 4.77. The quantitative estimate of drug-likeness (QED) is 0.777. The minimum Gasteiger partial charge on any atom is -0.354 e. The van der Waals surface area contributed by atoms with Crippen molar-refractivity contribution >= 4 is 22.3 Å². The van der Waals surface area contributed by atoms with Crippen LogP contribution >= 0.6 is 0 Å². The van der Waals surface area contributed by atoms with Gasteiger partial charge in [-0.2, -0.15) is 0 Å². The molecule has 1 aromatic heterocycles. The second-order valence-electron chi connectivity index (χ2n) is 5.43. The number of amidine groups is 1. The zero-order valence-electron chi connectivity index (χ0n) is 12.0. The Hall–Kier alpha value is -2.55. The van der Waals surface area contributed by atoms with E-state index in [2.05, 4.69) is 71.7 Å². The topological polar surface area (TPSA) is 29.3 Å². The lowest BCUT2D eigenvalue weighted by Gasteiger charge is -2.03. The fraction of sp³-hybridized carbons (Fsp3) is 0.167. The van der Waals surface area contributed by atoms with Gasteiger partial charge in [0.1, 0.15) is 5.84 Å². The fourth-order valence-electron chi connectivity index (χ4n) is 3.00. The predicted octanol–water partition coefficient (Wildman–Crippen LogP) is 3.59. The highest BCUT2D eigenvalue weighted by Gasteiger charge is 2.18. The summed E-state index contributed by atoms with van der Waals surface area (Å²) in [6.07, 6.45) is 3.04. The van der Waals surface area contributed by atoms with Gasteiger partial charge in [-0.1, -0.05) is 30.3 Å². The first kappa shape index (κ1) is 12.2. The number of nitrogens with one attached hydrogen (secondary N) is 1. The maximum absolute atomic E-state index is 4.77. The number of hydrogen-bond donors (Lipinski definition) is 1. The molecule has 1 aliphatic heterocycles. The van der Waals surface area contributed by atoms with E-state index in [1.54, 1.807) is 0 Å². The van der Waals surface area contributed by atoms with Gasteiger partial charge in [-0.15, -0.1) is 0 Å². The van der Waals surface area contributed by atoms with Crippen LogP contribution in [0.15, 0.2) is 59.7 Å². The number of aliphatic imine (C=N–C) groups is 1. The van der Waals surface area contributed by atoms with Crippen molar-refractivity contribution < 1.29 is 0 Å². The minimum absolute atomic E-state index is 0.796. The molecule has 3 heteroatoms. The van der Waals surface area contributed by atoms with Crippen LogP contribution in [-0.2, 0) is 13.5 Å². The van der Waals surface area contributed by atoms with Crippen LogP contribution in [-0.4, -0.2) is 16.9 Å². The van der Waals surface area contributed by atoms with Crippen LogP contribution in [0.25, 0.3) is 10.8 Å². The number of aryl methyl sites for hydroxylation is 1. The molecule has 3 nitrogen and oxygen atoms in total. The first-order valence-corrected chi connectivity index (χ1v) is 7.27. The van der Waals surface area contributed by atoms with Gasteiger partial charge in [0.25, 0.3) is 0 Å². The Balaban J connectivity index is 1.62. The number of nitrogens with zero attached hydrogens (tertiary/aromatic N) is 2. The summed E-state index contributed by atoms with van der Waals surface area (Å²) in [6.45, 7) is 0.796. The van der Waals surface area contributed by atoms with E-state index in [0.717, 1.165) is 18.8 Å². The highest BCUT2D eigenvalue weighted by molar-refractivity contribution is 6.25. The SMILES string of the molecule is Cn1cccc1CCN=C1Nc2cccc3cccc1c23. The average molecular weight is 275 g/mol. The van der Waals surface area contributed by atoms with Crippen LogP contribution in [0.2, 0.25) is 0 Å². The van der Waals surface area contributed by atoms with Crippen molar-refractivity contribution in [2.75, 3.05) is 11.9 Å². The smallest absolute Gasteiger partial charge is 0.133 e. The molecule has 0 atom stereocenters. The van der Waals surface area contributed by atoms with E-state index in [-0.39, 0.29) is 0 Å². The van der Waals surface area contributed by atoms with E-state index in [0.29, 0.717) is 0 Å². The largest absolute Gasteiger partial charge is 0.354 e. The molecule has 2 heterocycles. The zero-order valence-corrected chi connectivity index (χ0v) is 12.0. The number of benzene rings is 2. The highest BCUT2D eigenvalue weighted by Crippen LogP contribution is 2.32. The van der Waals surface area contributed by atoms with Crippen molar-refractivity contribution in [3.8, 4) is 0 Å². The normalized spacial score (nSPS) is 14.8. The Kier molecular flexibility index (Phi) is 2.78. The summed E-state index contributed by atoms with van der Waals surface area (Å²) in [5, 5.41) is 6.00. The molecule has 0 aliphatic carbocycles. The van der Waals surface area contributed by atoms with E-state index in [4.69, 9.17) is 4.99 Å². The third-order valence-electron chi connectivity index (χ3n) is 4.10. The molecule has 104 valence electrons. The molecule has 3 aromatic rings. The lowest BCUT2D eigenvalue weighted by Crippen LogP contribution is -2.09. The van der Waals surface area contributed by atoms with Crippen LogP contribution in [0.5, 0.6) is 0 Å². The molecule has 1 aliphatic rings. The first-order valence-electron chi connectivity index (χ1n) is 7.27. The molecule has 0 amide bonds. The minimum atomic E-state index is 0.796. The summed E-state index contributed by atoms with van der Waals surface area (Å²) < 4.78 is 2.15. The van der Waals surface area contributed by atoms with Crippen molar-refractivity contribution in [2.45, 2.75) is 6.42 Å². The second kappa shape index (κ2) is 4.77. The lowest BCUT2D eigenvalue weighted by molar-refractivity contribution is 0.807. The number of aromatic nitrogens is 1. The fourth-order valence-corrected chi connectivity index (χ4v) is 3.00. The summed E-state index contributed by atoms with van der Waals surface area (Å²) in [4.78, 5) is 4.77. The monoisotopic (exact) mass is 275 g/mol. The van der Waals surface area contributed by atoms with Gasteiger partial charge >= 0.3 is 0 Å². The molecule has 0 spiro atoms. The molecule has 1 N–H and O–H groups in total. The molecule has 4 rings (SSSR count). The molecule has 0 saturated carbocycles. The number of rotatable bonds is 3. The highest BCUT2D eigenvalue weighted by atomic mass is 15.0. The van der Waals surface area contributed by atoms with Crippen molar-refractivity contribution in [1.29, 1.82) is 0 Å². The number of hydrogen-bond acceptors (Lipinski definition) is 1. The lowest BCUT2D eigenvalue weighted by atomic mass is 10.1. The van der Waals surface area contributed by atoms with Crippen LogP contribution in [0, 0.1) is 0 Å². The van der Waals surface area contributed by atoms with E-state index in [1.807, 2.05) is 0 Å². The van der Waals surface area contributed by atoms with E-state index in [1.165, 1.54) is 27.7 Å². The maximum Gasteiger partial charge on any atom is 0.133 e. The Labute approximate surface area is 123 Å². The Bertz CT molecular complexity index is 837. The molecule has 21 heavy (non-hydrogen) atoms. The second-order valence-corrected chi connectivity index (χ2v) is 5.43. The summed E-state index contributed by atoms with van der Waals surface area (Å²) in [6, 6.07) is 17.0. The number of anilines is 1. The summed E-state index contributed by atoms with van der Waals surface area (Å²) in [5.41, 5.74) is 3.70. The average Bonchev–Trinajstić information content (AvgIpc) is 3.06. The van der Waals surface area contributed by atoms with Gasteiger partial charge in [0.05, 0.1) is 0 Å². The van der Waals surface area contributed by atoms with Gasteiger partial charge in [0, 0.05) is 48.5 Å². The third-order valence-corrected chi connectivity index (χ3v) is 4.10. The molecule has 2 aromatic carbocycles. The van der Waals surface area contributed by atoms with Crippen LogP contribution in [0.4, 0.5) is 5.69 Å².